The second-order valence-electron chi connectivity index (χ2n) is 5.73. The van der Waals surface area contributed by atoms with Gasteiger partial charge in [-0.2, -0.15) is 9.97 Å². The van der Waals surface area contributed by atoms with E-state index in [0.29, 0.717) is 19.0 Å². The molecular weight excluding hydrogens is 324 g/mol. The van der Waals surface area contributed by atoms with Crippen molar-refractivity contribution in [2.24, 2.45) is 0 Å². The van der Waals surface area contributed by atoms with Gasteiger partial charge >= 0.3 is 0 Å². The molecule has 1 unspecified atom stereocenters. The predicted molar refractivity (Wildman–Crippen MR) is 89.0 cm³/mol. The molecule has 25 heavy (non-hydrogen) atoms. The lowest BCUT2D eigenvalue weighted by atomic mass is 10.3. The Hall–Kier alpha value is -2.90. The molecule has 2 aromatic rings. The third-order valence-electron chi connectivity index (χ3n) is 3.89. The van der Waals surface area contributed by atoms with Crippen LogP contribution < -0.4 is 14.2 Å². The Morgan fingerprint density at radius 1 is 1.16 bits per heavy atom. The minimum absolute atomic E-state index is 0.0466. The molecule has 0 saturated carbocycles. The molecule has 0 radical (unpaired) electrons. The number of hydrogen-bond acceptors (Lipinski definition) is 7. The summed E-state index contributed by atoms with van der Waals surface area (Å²) < 4.78 is 16.0. The number of amides is 1. The maximum absolute atomic E-state index is 12.6. The van der Waals surface area contributed by atoms with Crippen molar-refractivity contribution in [1.29, 1.82) is 0 Å². The molecule has 132 valence electrons. The van der Waals surface area contributed by atoms with E-state index in [9.17, 15) is 4.79 Å². The summed E-state index contributed by atoms with van der Waals surface area (Å²) in [6.07, 6.45) is 2.37. The smallest absolute Gasteiger partial charge is 0.292 e. The Morgan fingerprint density at radius 2 is 1.88 bits per heavy atom. The molecule has 3 heterocycles. The van der Waals surface area contributed by atoms with Crippen LogP contribution >= 0.6 is 0 Å². The van der Waals surface area contributed by atoms with Gasteiger partial charge in [-0.1, -0.05) is 6.07 Å². The number of carbonyl (C=O) groups is 1. The highest BCUT2D eigenvalue weighted by molar-refractivity contribution is 5.91. The number of aryl methyl sites for hydroxylation is 1. The molecule has 0 spiro atoms. The van der Waals surface area contributed by atoms with E-state index in [-0.39, 0.29) is 29.6 Å². The van der Waals surface area contributed by atoms with E-state index in [0.717, 1.165) is 12.0 Å². The maximum Gasteiger partial charge on any atom is 0.292 e. The molecule has 1 fully saturated rings. The summed E-state index contributed by atoms with van der Waals surface area (Å²) in [6.45, 7) is 2.99. The number of rotatable bonds is 5. The summed E-state index contributed by atoms with van der Waals surface area (Å²) in [5, 5.41) is 0. The van der Waals surface area contributed by atoms with E-state index in [2.05, 4.69) is 15.0 Å². The standard InChI is InChI=1S/C17H20N4O4/c1-11-4-5-13(18-9-11)25-12-6-7-21(10-12)17(22)16-19-14(23-2)8-15(20-16)24-3/h4-5,8-9,12H,6-7,10H2,1-3H3. The van der Waals surface area contributed by atoms with Gasteiger partial charge in [0.15, 0.2) is 0 Å². The monoisotopic (exact) mass is 344 g/mol. The number of carbonyl (C=O) groups excluding carboxylic acids is 1. The molecule has 1 aliphatic heterocycles. The van der Waals surface area contributed by atoms with Gasteiger partial charge in [-0.25, -0.2) is 4.98 Å². The van der Waals surface area contributed by atoms with Crippen LogP contribution in [0.15, 0.2) is 24.4 Å². The van der Waals surface area contributed by atoms with Crippen LogP contribution in [0.5, 0.6) is 17.6 Å². The lowest BCUT2D eigenvalue weighted by Gasteiger charge is -2.16. The third-order valence-corrected chi connectivity index (χ3v) is 3.89. The van der Waals surface area contributed by atoms with Crippen LogP contribution in [0, 0.1) is 6.92 Å². The molecule has 1 amide bonds. The molecular formula is C17H20N4O4. The van der Waals surface area contributed by atoms with E-state index >= 15 is 0 Å². The van der Waals surface area contributed by atoms with Crippen molar-refractivity contribution in [2.45, 2.75) is 19.4 Å². The summed E-state index contributed by atoms with van der Waals surface area (Å²) in [6, 6.07) is 5.29. The Bertz CT molecular complexity index is 729. The lowest BCUT2D eigenvalue weighted by molar-refractivity contribution is 0.0757. The highest BCUT2D eigenvalue weighted by Gasteiger charge is 2.30. The van der Waals surface area contributed by atoms with E-state index < -0.39 is 0 Å². The maximum atomic E-state index is 12.6. The second-order valence-corrected chi connectivity index (χ2v) is 5.73. The first-order valence-electron chi connectivity index (χ1n) is 7.94. The lowest BCUT2D eigenvalue weighted by Crippen LogP contribution is -2.32. The molecule has 1 saturated heterocycles. The first-order valence-corrected chi connectivity index (χ1v) is 7.94. The number of likely N-dealkylation sites (tertiary alicyclic amines) is 1. The first kappa shape index (κ1) is 16.9. The summed E-state index contributed by atoms with van der Waals surface area (Å²) in [5.74, 6) is 0.895. The van der Waals surface area contributed by atoms with Crippen LogP contribution in [0.3, 0.4) is 0 Å². The first-order chi connectivity index (χ1) is 12.1. The Kier molecular flexibility index (Phi) is 4.97. The van der Waals surface area contributed by atoms with Crippen molar-refractivity contribution < 1.29 is 19.0 Å². The summed E-state index contributed by atoms with van der Waals surface area (Å²) in [4.78, 5) is 26.7. The summed E-state index contributed by atoms with van der Waals surface area (Å²) in [7, 11) is 2.95. The second kappa shape index (κ2) is 7.33. The molecule has 0 N–H and O–H groups in total. The number of hydrogen-bond donors (Lipinski definition) is 0. The van der Waals surface area contributed by atoms with Crippen molar-refractivity contribution in [1.82, 2.24) is 19.9 Å². The van der Waals surface area contributed by atoms with Crippen LogP contribution in [0.25, 0.3) is 0 Å². The number of aromatic nitrogens is 3. The van der Waals surface area contributed by atoms with Gasteiger partial charge in [-0.15, -0.1) is 0 Å². The average Bonchev–Trinajstić information content (AvgIpc) is 3.11. The van der Waals surface area contributed by atoms with Gasteiger partial charge in [0.05, 0.1) is 26.8 Å². The van der Waals surface area contributed by atoms with E-state index in [4.69, 9.17) is 14.2 Å². The van der Waals surface area contributed by atoms with Crippen LogP contribution in [0.1, 0.15) is 22.6 Å². The average molecular weight is 344 g/mol. The van der Waals surface area contributed by atoms with Crippen molar-refractivity contribution in [3.05, 3.63) is 35.8 Å². The van der Waals surface area contributed by atoms with Crippen LogP contribution in [-0.2, 0) is 0 Å². The fourth-order valence-electron chi connectivity index (χ4n) is 2.55. The van der Waals surface area contributed by atoms with Gasteiger partial charge in [0.2, 0.25) is 23.5 Å². The Balaban J connectivity index is 1.67. The van der Waals surface area contributed by atoms with Gasteiger partial charge in [-0.05, 0) is 12.5 Å². The molecule has 8 heteroatoms. The van der Waals surface area contributed by atoms with Gasteiger partial charge in [0, 0.05) is 25.2 Å². The van der Waals surface area contributed by atoms with Crippen molar-refractivity contribution in [3.8, 4) is 17.6 Å². The topological polar surface area (TPSA) is 86.7 Å². The SMILES string of the molecule is COc1cc(OC)nc(C(=O)N2CCC(Oc3ccc(C)cn3)C2)n1. The quantitative estimate of drug-likeness (QED) is 0.812. The van der Waals surface area contributed by atoms with Gasteiger partial charge in [-0.3, -0.25) is 4.79 Å². The number of ether oxygens (including phenoxy) is 3. The summed E-state index contributed by atoms with van der Waals surface area (Å²) >= 11 is 0. The highest BCUT2D eigenvalue weighted by Crippen LogP contribution is 2.20. The molecule has 3 rings (SSSR count). The normalized spacial score (nSPS) is 16.6. The zero-order chi connectivity index (χ0) is 17.8. The predicted octanol–water partition coefficient (Wildman–Crippen LogP) is 1.49. The van der Waals surface area contributed by atoms with Gasteiger partial charge in [0.25, 0.3) is 5.91 Å². The fourth-order valence-corrected chi connectivity index (χ4v) is 2.55. The van der Waals surface area contributed by atoms with Crippen molar-refractivity contribution in [2.75, 3.05) is 27.3 Å². The molecule has 1 atom stereocenters. The third kappa shape index (κ3) is 3.96. The molecule has 0 bridgehead atoms. The van der Waals surface area contributed by atoms with Crippen molar-refractivity contribution in [3.63, 3.8) is 0 Å². The van der Waals surface area contributed by atoms with Gasteiger partial charge in [0.1, 0.15) is 6.10 Å². The Labute approximate surface area is 145 Å². The number of nitrogens with zero attached hydrogens (tertiary/aromatic N) is 4. The molecule has 1 aliphatic rings. The molecule has 2 aromatic heterocycles. The molecule has 0 aromatic carbocycles. The van der Waals surface area contributed by atoms with E-state index in [1.807, 2.05) is 19.1 Å². The van der Waals surface area contributed by atoms with Crippen molar-refractivity contribution >= 4 is 5.91 Å². The van der Waals surface area contributed by atoms with E-state index in [1.54, 1.807) is 11.1 Å². The minimum atomic E-state index is -0.278. The minimum Gasteiger partial charge on any atom is -0.481 e. The number of methoxy groups -OCH3 is 2. The van der Waals surface area contributed by atoms with Crippen LogP contribution in [-0.4, -0.2) is 59.2 Å². The van der Waals surface area contributed by atoms with E-state index in [1.165, 1.54) is 20.3 Å². The zero-order valence-electron chi connectivity index (χ0n) is 14.4. The largest absolute Gasteiger partial charge is 0.481 e. The molecule has 8 nitrogen and oxygen atoms in total. The molecule has 0 aliphatic carbocycles. The zero-order valence-corrected chi connectivity index (χ0v) is 14.4. The Morgan fingerprint density at radius 3 is 2.48 bits per heavy atom. The highest BCUT2D eigenvalue weighted by atomic mass is 16.5. The number of pyridine rings is 1. The van der Waals surface area contributed by atoms with Gasteiger partial charge < -0.3 is 19.1 Å². The summed E-state index contributed by atoms with van der Waals surface area (Å²) in [5.41, 5.74) is 1.07. The van der Waals surface area contributed by atoms with Crippen LogP contribution in [0.4, 0.5) is 0 Å². The fraction of sp³-hybridized carbons (Fsp3) is 0.412. The van der Waals surface area contributed by atoms with Crippen LogP contribution in [0.2, 0.25) is 0 Å².